The van der Waals surface area contributed by atoms with E-state index in [1.54, 1.807) is 0 Å². The first-order chi connectivity index (χ1) is 9.86. The smallest absolute Gasteiger partial charge is 0.673 e. The van der Waals surface area contributed by atoms with E-state index >= 15 is 0 Å². The SMILES string of the molecule is CC(C)(C)[NH-].C[SiH]C.[CH3-].[CH3-].[Ti+4].[c-]1cccc2c1Cc1ccccc1-2. The first-order valence-corrected chi connectivity index (χ1v) is 9.74. The summed E-state index contributed by atoms with van der Waals surface area (Å²) in [6.07, 6.45) is 1.05. The molecule has 2 aromatic rings. The molecule has 0 aromatic heterocycles. The maximum absolute atomic E-state index is 6.94. The standard InChI is InChI=1S/C13H9.C4H10N.C2H7Si.2CH3.Ti/c1-3-7-12-10(5-1)9-11-6-2-4-8-13(11)12;1-4(2,3)5;1-3-2;;;/h1-5,7-8H,9H2;5H,1-3H3;3H,1-2H3;2*1H3;/q2*-1;;2*-1;+4. The summed E-state index contributed by atoms with van der Waals surface area (Å²) < 4.78 is 0. The van der Waals surface area contributed by atoms with E-state index < -0.39 is 0 Å². The Hall–Kier alpha value is -0.669. The van der Waals surface area contributed by atoms with Crippen LogP contribution >= 0.6 is 0 Å². The number of fused-ring (bicyclic) bond motifs is 3. The van der Waals surface area contributed by atoms with Crippen LogP contribution in [0.2, 0.25) is 13.1 Å². The largest absolute Gasteiger partial charge is 4.00 e. The van der Waals surface area contributed by atoms with Crippen LogP contribution in [0.5, 0.6) is 0 Å². The fraction of sp³-hybridized carbons (Fsp3) is 0.333. The van der Waals surface area contributed by atoms with Crippen molar-refractivity contribution in [1.29, 1.82) is 0 Å². The Kier molecular flexibility index (Phi) is 16.0. The maximum atomic E-state index is 6.94. The van der Waals surface area contributed by atoms with Crippen molar-refractivity contribution in [3.63, 3.8) is 0 Å². The minimum atomic E-state index is -0.250. The summed E-state index contributed by atoms with van der Waals surface area (Å²) in [5.74, 6) is 0. The first kappa shape index (κ1) is 28.1. The zero-order chi connectivity index (χ0) is 15.9. The second-order valence-corrected chi connectivity index (χ2v) is 7.38. The van der Waals surface area contributed by atoms with Crippen LogP contribution in [0.25, 0.3) is 16.9 Å². The van der Waals surface area contributed by atoms with Crippen LogP contribution in [0.4, 0.5) is 0 Å². The molecule has 0 amide bonds. The molecule has 0 bridgehead atoms. The molecule has 3 rings (SSSR count). The van der Waals surface area contributed by atoms with Gasteiger partial charge >= 0.3 is 21.7 Å². The Bertz CT molecular complexity index is 512. The molecule has 0 fully saturated rings. The first-order valence-electron chi connectivity index (χ1n) is 7.43. The zero-order valence-electron chi connectivity index (χ0n) is 16.3. The molecule has 1 N–H and O–H groups in total. The molecule has 0 aliphatic heterocycles. The van der Waals surface area contributed by atoms with Crippen LogP contribution in [0.1, 0.15) is 31.9 Å². The molecule has 1 radical (unpaired) electrons. The van der Waals surface area contributed by atoms with Gasteiger partial charge in [0.25, 0.3) is 0 Å². The Morgan fingerprint density at radius 3 is 1.96 bits per heavy atom. The molecule has 0 saturated carbocycles. The van der Waals surface area contributed by atoms with E-state index in [0.717, 1.165) is 15.9 Å². The second kappa shape index (κ2) is 13.6. The van der Waals surface area contributed by atoms with Gasteiger partial charge in [0, 0.05) is 9.52 Å². The number of hydrogen-bond acceptors (Lipinski definition) is 0. The molecule has 0 heterocycles. The monoisotopic (exact) mass is 374 g/mol. The van der Waals surface area contributed by atoms with E-state index in [2.05, 4.69) is 55.6 Å². The van der Waals surface area contributed by atoms with Gasteiger partial charge in [-0.25, -0.2) is 0 Å². The van der Waals surface area contributed by atoms with Crippen LogP contribution in [0.3, 0.4) is 0 Å². The molecular formula is C21H32NSiTi. The quantitative estimate of drug-likeness (QED) is 0.325. The molecule has 1 aliphatic rings. The summed E-state index contributed by atoms with van der Waals surface area (Å²) in [4.78, 5) is 0. The fourth-order valence-corrected chi connectivity index (χ4v) is 2.00. The van der Waals surface area contributed by atoms with E-state index in [9.17, 15) is 0 Å². The minimum Gasteiger partial charge on any atom is -0.673 e. The molecule has 0 spiro atoms. The van der Waals surface area contributed by atoms with Gasteiger partial charge in [-0.3, -0.25) is 0 Å². The van der Waals surface area contributed by atoms with Crippen molar-refractivity contribution >= 4 is 9.52 Å². The van der Waals surface area contributed by atoms with E-state index in [1.165, 1.54) is 22.3 Å². The van der Waals surface area contributed by atoms with Crippen molar-refractivity contribution < 1.29 is 21.7 Å². The summed E-state index contributed by atoms with van der Waals surface area (Å²) in [5.41, 5.74) is 12.2. The number of rotatable bonds is 0. The van der Waals surface area contributed by atoms with Crippen molar-refractivity contribution in [2.24, 2.45) is 0 Å². The number of hydrogen-bond donors (Lipinski definition) is 0. The van der Waals surface area contributed by atoms with Crippen LogP contribution in [0.15, 0.2) is 42.5 Å². The van der Waals surface area contributed by atoms with Gasteiger partial charge in [0.15, 0.2) is 0 Å². The third-order valence-corrected chi connectivity index (χ3v) is 2.62. The second-order valence-electron chi connectivity index (χ2n) is 6.22. The third-order valence-electron chi connectivity index (χ3n) is 2.62. The Morgan fingerprint density at radius 1 is 0.958 bits per heavy atom. The van der Waals surface area contributed by atoms with Crippen molar-refractivity contribution in [3.05, 3.63) is 80.2 Å². The molecule has 0 unspecified atom stereocenters. The molecule has 3 heteroatoms. The molecule has 2 aromatic carbocycles. The van der Waals surface area contributed by atoms with Gasteiger partial charge in [-0.15, -0.1) is 11.1 Å². The van der Waals surface area contributed by atoms with Gasteiger partial charge in [-0.05, 0) is 6.42 Å². The van der Waals surface area contributed by atoms with Crippen molar-refractivity contribution in [2.75, 3.05) is 0 Å². The van der Waals surface area contributed by atoms with E-state index in [1.807, 2.05) is 26.8 Å². The number of benzene rings is 2. The molecule has 1 nitrogen and oxygen atoms in total. The minimum absolute atomic E-state index is 0. The van der Waals surface area contributed by atoms with E-state index in [0.29, 0.717) is 0 Å². The van der Waals surface area contributed by atoms with Crippen LogP contribution in [-0.2, 0) is 28.1 Å². The maximum Gasteiger partial charge on any atom is 4.00 e. The zero-order valence-corrected chi connectivity index (χ0v) is 19.0. The van der Waals surface area contributed by atoms with Gasteiger partial charge in [0.2, 0.25) is 0 Å². The third kappa shape index (κ3) is 10.2. The average molecular weight is 374 g/mol. The molecule has 24 heavy (non-hydrogen) atoms. The summed E-state index contributed by atoms with van der Waals surface area (Å²) in [6, 6.07) is 18.1. The summed E-state index contributed by atoms with van der Waals surface area (Å²) in [6.45, 7) is 9.98. The normalized spacial score (nSPS) is 9.92. The molecule has 0 saturated heterocycles. The Labute approximate surface area is 168 Å². The summed E-state index contributed by atoms with van der Waals surface area (Å²) >= 11 is 0. The number of nitrogens with one attached hydrogen (secondary N) is 1. The molecule has 129 valence electrons. The van der Waals surface area contributed by atoms with Gasteiger partial charge in [0.1, 0.15) is 0 Å². The summed E-state index contributed by atoms with van der Waals surface area (Å²) in [5, 5.41) is 0. The predicted molar refractivity (Wildman–Crippen MR) is 109 cm³/mol. The fourth-order valence-electron chi connectivity index (χ4n) is 2.00. The van der Waals surface area contributed by atoms with Crippen molar-refractivity contribution in [2.45, 2.75) is 45.8 Å². The van der Waals surface area contributed by atoms with Crippen molar-refractivity contribution in [1.82, 2.24) is 0 Å². The predicted octanol–water partition coefficient (Wildman–Crippen LogP) is 6.31. The van der Waals surface area contributed by atoms with E-state index in [4.69, 9.17) is 5.73 Å². The van der Waals surface area contributed by atoms with Gasteiger partial charge in [0.05, 0.1) is 0 Å². The van der Waals surface area contributed by atoms with Crippen LogP contribution in [0, 0.1) is 20.9 Å². The van der Waals surface area contributed by atoms with Gasteiger partial charge in [-0.1, -0.05) is 69.3 Å². The topological polar surface area (TPSA) is 23.8 Å². The van der Waals surface area contributed by atoms with Crippen LogP contribution < -0.4 is 0 Å². The van der Waals surface area contributed by atoms with Gasteiger partial charge < -0.3 is 20.6 Å². The summed E-state index contributed by atoms with van der Waals surface area (Å²) in [7, 11) is 0.750. The molecular weight excluding hydrogens is 342 g/mol. The Balaban J connectivity index is -0.000000351. The Morgan fingerprint density at radius 2 is 1.42 bits per heavy atom. The average Bonchev–Trinajstić information content (AvgIpc) is 2.76. The molecule has 0 atom stereocenters. The van der Waals surface area contributed by atoms with E-state index in [-0.39, 0.29) is 42.1 Å². The van der Waals surface area contributed by atoms with Crippen LogP contribution in [-0.4, -0.2) is 15.1 Å². The van der Waals surface area contributed by atoms with Crippen molar-refractivity contribution in [3.8, 4) is 11.1 Å². The molecule has 1 aliphatic carbocycles. The van der Waals surface area contributed by atoms with Gasteiger partial charge in [-0.2, -0.15) is 29.8 Å².